The molecule has 0 radical (unpaired) electrons. The average Bonchev–Trinajstić information content (AvgIpc) is 3.26. The van der Waals surface area contributed by atoms with Gasteiger partial charge in [0.15, 0.2) is 5.78 Å². The van der Waals surface area contributed by atoms with Gasteiger partial charge in [0.2, 0.25) is 0 Å². The van der Waals surface area contributed by atoms with Crippen molar-refractivity contribution < 1.29 is 19.0 Å². The van der Waals surface area contributed by atoms with Crippen LogP contribution < -0.4 is 4.74 Å². The van der Waals surface area contributed by atoms with Crippen molar-refractivity contribution in [2.45, 2.75) is 39.5 Å². The van der Waals surface area contributed by atoms with Crippen molar-refractivity contribution in [2.75, 3.05) is 33.0 Å². The van der Waals surface area contributed by atoms with E-state index in [4.69, 9.17) is 30.9 Å². The van der Waals surface area contributed by atoms with E-state index < -0.39 is 5.60 Å². The molecule has 0 unspecified atom stereocenters. The van der Waals surface area contributed by atoms with E-state index in [9.17, 15) is 4.79 Å². The van der Waals surface area contributed by atoms with Crippen molar-refractivity contribution in [3.63, 3.8) is 0 Å². The second-order valence-electron chi connectivity index (χ2n) is 9.16. The molecule has 0 aliphatic carbocycles. The number of aromatic nitrogens is 2. The van der Waals surface area contributed by atoms with Gasteiger partial charge in [-0.2, -0.15) is 5.10 Å². The van der Waals surface area contributed by atoms with E-state index in [-0.39, 0.29) is 12.4 Å². The van der Waals surface area contributed by atoms with Crippen LogP contribution in [0.25, 0.3) is 11.3 Å². The van der Waals surface area contributed by atoms with Crippen LogP contribution in [0.3, 0.4) is 0 Å². The highest BCUT2D eigenvalue weighted by atomic mass is 35.5. The summed E-state index contributed by atoms with van der Waals surface area (Å²) in [5.74, 6) is 0.758. The van der Waals surface area contributed by atoms with E-state index in [0.29, 0.717) is 18.3 Å². The molecule has 1 aromatic heterocycles. The molecule has 0 bridgehead atoms. The summed E-state index contributed by atoms with van der Waals surface area (Å²) in [5.41, 5.74) is 2.72. The minimum Gasteiger partial charge on any atom is -0.478 e. The largest absolute Gasteiger partial charge is 0.478 e. The summed E-state index contributed by atoms with van der Waals surface area (Å²) in [6.45, 7) is 9.51. The number of Topliss-reactive ketones (excluding diaryl/α,β-unsaturated/α-hetero) is 1. The molecule has 7 nitrogen and oxygen atoms in total. The fourth-order valence-electron chi connectivity index (χ4n) is 3.68. The predicted octanol–water partition coefficient (Wildman–Crippen LogP) is 4.80. The molecular formula is C27H32ClN3O4. The maximum absolute atomic E-state index is 11.9. The van der Waals surface area contributed by atoms with Crippen molar-refractivity contribution in [1.82, 2.24) is 14.7 Å². The van der Waals surface area contributed by atoms with E-state index in [1.165, 1.54) is 6.92 Å². The van der Waals surface area contributed by atoms with Gasteiger partial charge in [0.05, 0.1) is 37.8 Å². The highest BCUT2D eigenvalue weighted by Gasteiger charge is 2.25. The van der Waals surface area contributed by atoms with Crippen LogP contribution in [0, 0.1) is 0 Å². The third-order valence-corrected chi connectivity index (χ3v) is 6.55. The van der Waals surface area contributed by atoms with Gasteiger partial charge in [0.25, 0.3) is 0 Å². The Labute approximate surface area is 211 Å². The number of ketones is 1. The molecular weight excluding hydrogens is 466 g/mol. The van der Waals surface area contributed by atoms with Gasteiger partial charge in [-0.1, -0.05) is 41.9 Å². The molecule has 186 valence electrons. The van der Waals surface area contributed by atoms with E-state index in [1.54, 1.807) is 13.8 Å². The van der Waals surface area contributed by atoms with Crippen molar-refractivity contribution >= 4 is 17.4 Å². The van der Waals surface area contributed by atoms with Gasteiger partial charge in [-0.05, 0) is 50.6 Å². The number of carbonyl (C=O) groups is 1. The smallest absolute Gasteiger partial charge is 0.161 e. The Morgan fingerprint density at radius 1 is 1.11 bits per heavy atom. The topological polar surface area (TPSA) is 65.8 Å². The Bertz CT molecular complexity index is 1150. The summed E-state index contributed by atoms with van der Waals surface area (Å²) in [5, 5.41) is 5.48. The Balaban J connectivity index is 1.58. The van der Waals surface area contributed by atoms with Crippen LogP contribution in [-0.4, -0.2) is 59.1 Å². The van der Waals surface area contributed by atoms with Crippen LogP contribution in [0.15, 0.2) is 54.6 Å². The monoisotopic (exact) mass is 497 g/mol. The third-order valence-electron chi connectivity index (χ3n) is 6.18. The van der Waals surface area contributed by atoms with Gasteiger partial charge < -0.3 is 14.2 Å². The molecule has 1 aliphatic rings. The molecule has 1 aliphatic heterocycles. The second kappa shape index (κ2) is 11.4. The molecule has 4 rings (SSSR count). The summed E-state index contributed by atoms with van der Waals surface area (Å²) in [4.78, 5) is 14.1. The molecule has 8 heteroatoms. The lowest BCUT2D eigenvalue weighted by molar-refractivity contribution is -0.139. The van der Waals surface area contributed by atoms with Gasteiger partial charge in [-0.3, -0.25) is 14.4 Å². The lowest BCUT2D eigenvalue weighted by Crippen LogP contribution is -2.38. The molecule has 2 aromatic carbocycles. The highest BCUT2D eigenvalue weighted by molar-refractivity contribution is 6.31. The lowest BCUT2D eigenvalue weighted by atomic mass is 10.1. The summed E-state index contributed by atoms with van der Waals surface area (Å²) in [6.07, 6.45) is 0. The summed E-state index contributed by atoms with van der Waals surface area (Å²) < 4.78 is 19.3. The fraction of sp³-hybridized carbons (Fsp3) is 0.407. The molecule has 0 N–H and O–H groups in total. The predicted molar refractivity (Wildman–Crippen MR) is 136 cm³/mol. The van der Waals surface area contributed by atoms with Gasteiger partial charge in [-0.25, -0.2) is 0 Å². The van der Waals surface area contributed by atoms with E-state index in [2.05, 4.69) is 4.90 Å². The number of benzene rings is 2. The summed E-state index contributed by atoms with van der Waals surface area (Å²) >= 11 is 6.44. The lowest BCUT2D eigenvalue weighted by Gasteiger charge is -2.26. The molecule has 1 saturated heterocycles. The van der Waals surface area contributed by atoms with E-state index >= 15 is 0 Å². The molecule has 3 aromatic rings. The molecule has 0 amide bonds. The third kappa shape index (κ3) is 6.70. The first kappa shape index (κ1) is 25.4. The second-order valence-corrected chi connectivity index (χ2v) is 9.56. The molecule has 0 saturated carbocycles. The molecule has 0 spiro atoms. The van der Waals surface area contributed by atoms with E-state index in [0.717, 1.165) is 54.6 Å². The number of halogens is 1. The van der Waals surface area contributed by atoms with Crippen LogP contribution in [0.1, 0.15) is 32.0 Å². The van der Waals surface area contributed by atoms with Crippen LogP contribution >= 0.6 is 11.6 Å². The van der Waals surface area contributed by atoms with E-state index in [1.807, 2.05) is 59.3 Å². The SMILES string of the molecule is CC(=O)C(C)(C)OCc1cc(-c2cccc(OCN3CCOCC3)c2)n(Cc2ccccc2Cl)n1. The highest BCUT2D eigenvalue weighted by Crippen LogP contribution is 2.28. The summed E-state index contributed by atoms with van der Waals surface area (Å²) in [7, 11) is 0. The van der Waals surface area contributed by atoms with Crippen LogP contribution in [-0.2, 0) is 27.4 Å². The first-order valence-corrected chi connectivity index (χ1v) is 12.2. The summed E-state index contributed by atoms with van der Waals surface area (Å²) in [6, 6.07) is 17.7. The Morgan fingerprint density at radius 2 is 1.89 bits per heavy atom. The first-order valence-electron chi connectivity index (χ1n) is 11.8. The minimum absolute atomic E-state index is 0.0293. The zero-order valence-corrected chi connectivity index (χ0v) is 21.3. The molecule has 1 fully saturated rings. The average molecular weight is 498 g/mol. The molecule has 35 heavy (non-hydrogen) atoms. The zero-order valence-electron chi connectivity index (χ0n) is 20.5. The van der Waals surface area contributed by atoms with Gasteiger partial charge in [-0.15, -0.1) is 0 Å². The molecule has 2 heterocycles. The standard InChI is InChI=1S/C27H32ClN3O4/c1-20(32)27(2,3)35-18-23-16-26(31(29-23)17-22-7-4-5-10-25(22)28)21-8-6-9-24(15-21)34-19-30-11-13-33-14-12-30/h4-10,15-16H,11-14,17-19H2,1-3H3. The van der Waals surface area contributed by atoms with Crippen LogP contribution in [0.4, 0.5) is 0 Å². The van der Waals surface area contributed by atoms with Crippen molar-refractivity contribution in [2.24, 2.45) is 0 Å². The number of carbonyl (C=O) groups excluding carboxylic acids is 1. The minimum atomic E-state index is -0.875. The van der Waals surface area contributed by atoms with Crippen molar-refractivity contribution in [3.05, 3.63) is 70.9 Å². The van der Waals surface area contributed by atoms with Crippen LogP contribution in [0.5, 0.6) is 5.75 Å². The maximum atomic E-state index is 11.9. The Kier molecular flexibility index (Phi) is 8.23. The first-order chi connectivity index (χ1) is 16.8. The fourth-order valence-corrected chi connectivity index (χ4v) is 3.87. The van der Waals surface area contributed by atoms with Gasteiger partial charge in [0.1, 0.15) is 18.1 Å². The normalized spacial score (nSPS) is 14.7. The van der Waals surface area contributed by atoms with Crippen LogP contribution in [0.2, 0.25) is 5.02 Å². The van der Waals surface area contributed by atoms with Gasteiger partial charge in [0, 0.05) is 23.7 Å². The Morgan fingerprint density at radius 3 is 2.63 bits per heavy atom. The van der Waals surface area contributed by atoms with Crippen molar-refractivity contribution in [1.29, 1.82) is 0 Å². The van der Waals surface area contributed by atoms with Gasteiger partial charge >= 0.3 is 0 Å². The quantitative estimate of drug-likeness (QED) is 0.400. The number of nitrogens with zero attached hydrogens (tertiary/aromatic N) is 3. The Hall–Kier alpha value is -2.71. The maximum Gasteiger partial charge on any atom is 0.161 e. The number of hydrogen-bond acceptors (Lipinski definition) is 6. The zero-order chi connectivity index (χ0) is 24.8. The number of hydrogen-bond donors (Lipinski definition) is 0. The number of ether oxygens (including phenoxy) is 3. The number of rotatable bonds is 10. The molecule has 0 atom stereocenters. The number of morpholine rings is 1. The van der Waals surface area contributed by atoms with Crippen molar-refractivity contribution in [3.8, 4) is 17.0 Å².